The molecule has 0 aliphatic carbocycles. The van der Waals surface area contributed by atoms with Crippen molar-refractivity contribution < 1.29 is 33.8 Å². The van der Waals surface area contributed by atoms with Crippen molar-refractivity contribution in [3.05, 3.63) is 16.7 Å². The fourth-order valence-electron chi connectivity index (χ4n) is 2.84. The first-order valence-corrected chi connectivity index (χ1v) is 9.00. The highest BCUT2D eigenvalue weighted by Crippen LogP contribution is 2.44. The lowest BCUT2D eigenvalue weighted by Crippen LogP contribution is -2.35. The summed E-state index contributed by atoms with van der Waals surface area (Å²) in [7, 11) is -1.86. The molecule has 1 aliphatic rings. The first kappa shape index (κ1) is 18.9. The summed E-state index contributed by atoms with van der Waals surface area (Å²) in [4.78, 5) is 38.5. The Bertz CT molecular complexity index is 922. The molecule has 3 heterocycles. The molecule has 0 amide bonds. The minimum Gasteiger partial charge on any atom is -0.394 e. The third-order valence-electron chi connectivity index (χ3n) is 4.05. The molecule has 26 heavy (non-hydrogen) atoms. The number of hydrogen-bond donors (Lipinski definition) is 5. The van der Waals surface area contributed by atoms with E-state index in [1.165, 1.54) is 22.5 Å². The predicted molar refractivity (Wildman–Crippen MR) is 86.2 cm³/mol. The van der Waals surface area contributed by atoms with Crippen LogP contribution in [0, 0.1) is 0 Å². The summed E-state index contributed by atoms with van der Waals surface area (Å²) in [6, 6.07) is 0. The predicted octanol–water partition coefficient (Wildman–Crippen LogP) is -2.10. The second kappa shape index (κ2) is 6.70. The molecular weight excluding hydrogens is 373 g/mol. The van der Waals surface area contributed by atoms with E-state index in [1.807, 2.05) is 0 Å². The zero-order valence-electron chi connectivity index (χ0n) is 13.8. The van der Waals surface area contributed by atoms with Crippen molar-refractivity contribution in [2.24, 2.45) is 7.05 Å². The average Bonchev–Trinajstić information content (AvgIpc) is 3.11. The molecule has 14 heteroatoms. The van der Waals surface area contributed by atoms with Gasteiger partial charge in [-0.25, -0.2) is 9.55 Å². The van der Waals surface area contributed by atoms with Crippen LogP contribution in [0.4, 0.5) is 5.95 Å². The van der Waals surface area contributed by atoms with Crippen LogP contribution in [-0.2, 0) is 20.9 Å². The van der Waals surface area contributed by atoms with Crippen LogP contribution >= 0.6 is 7.82 Å². The summed E-state index contributed by atoms with van der Waals surface area (Å²) in [5.74, 6) is 0.235. The van der Waals surface area contributed by atoms with Crippen molar-refractivity contribution in [1.29, 1.82) is 0 Å². The van der Waals surface area contributed by atoms with Crippen LogP contribution in [0.15, 0.2) is 11.1 Å². The molecule has 0 spiro atoms. The molecule has 2 aromatic heterocycles. The molecule has 13 nitrogen and oxygen atoms in total. The number of imidazole rings is 1. The number of nitrogens with zero attached hydrogens (tertiary/aromatic N) is 4. The molecule has 0 aromatic carbocycles. The number of aliphatic hydroxyl groups is 2. The van der Waals surface area contributed by atoms with Crippen molar-refractivity contribution in [3.8, 4) is 0 Å². The zero-order chi connectivity index (χ0) is 19.2. The molecule has 0 radical (unpaired) electrons. The monoisotopic (exact) mass is 391 g/mol. The van der Waals surface area contributed by atoms with Gasteiger partial charge in [-0.05, 0) is 0 Å². The van der Waals surface area contributed by atoms with Crippen LogP contribution in [0.3, 0.4) is 0 Å². The SMILES string of the molecule is CNc1nc2c(ncn2[C@@H]2O[C@H](CO)[C@@H](OP(=O)(O)O)[C@H]2O)c(=O)n1C. The normalized spacial score (nSPS) is 26.5. The van der Waals surface area contributed by atoms with E-state index in [1.54, 1.807) is 7.05 Å². The Kier molecular flexibility index (Phi) is 4.88. The highest BCUT2D eigenvalue weighted by molar-refractivity contribution is 7.46. The van der Waals surface area contributed by atoms with Crippen LogP contribution < -0.4 is 10.9 Å². The molecule has 3 rings (SSSR count). The van der Waals surface area contributed by atoms with Crippen LogP contribution in [0.5, 0.6) is 0 Å². The van der Waals surface area contributed by atoms with Gasteiger partial charge < -0.3 is 30.1 Å². The minimum atomic E-state index is -4.94. The van der Waals surface area contributed by atoms with E-state index in [2.05, 4.69) is 19.8 Å². The molecule has 5 N–H and O–H groups in total. The summed E-state index contributed by atoms with van der Waals surface area (Å²) < 4.78 is 23.6. The summed E-state index contributed by atoms with van der Waals surface area (Å²) in [6.45, 7) is -0.651. The number of phosphoric acid groups is 1. The van der Waals surface area contributed by atoms with E-state index in [-0.39, 0.29) is 17.1 Å². The fraction of sp³-hybridized carbons (Fsp3) is 0.583. The Hall–Kier alpha value is -1.86. The van der Waals surface area contributed by atoms with Crippen LogP contribution in [0.25, 0.3) is 11.2 Å². The minimum absolute atomic E-state index is 0.0159. The van der Waals surface area contributed by atoms with Crippen LogP contribution in [0.2, 0.25) is 0 Å². The Morgan fingerprint density at radius 1 is 1.46 bits per heavy atom. The Labute approximate surface area is 146 Å². The molecule has 1 aliphatic heterocycles. The van der Waals surface area contributed by atoms with Gasteiger partial charge >= 0.3 is 7.82 Å². The summed E-state index contributed by atoms with van der Waals surface area (Å²) >= 11 is 0. The molecule has 1 saturated heterocycles. The van der Waals surface area contributed by atoms with Gasteiger partial charge in [0.25, 0.3) is 5.56 Å². The summed E-state index contributed by atoms with van der Waals surface area (Å²) in [5, 5.41) is 22.5. The van der Waals surface area contributed by atoms with Gasteiger partial charge in [-0.15, -0.1) is 0 Å². The Balaban J connectivity index is 2.05. The zero-order valence-corrected chi connectivity index (χ0v) is 14.6. The number of rotatable bonds is 5. The largest absolute Gasteiger partial charge is 0.470 e. The Morgan fingerprint density at radius 3 is 2.73 bits per heavy atom. The molecule has 1 fully saturated rings. The third kappa shape index (κ3) is 3.14. The van der Waals surface area contributed by atoms with Crippen LogP contribution in [0.1, 0.15) is 6.23 Å². The van der Waals surface area contributed by atoms with Crippen LogP contribution in [-0.4, -0.2) is 71.1 Å². The first-order chi connectivity index (χ1) is 12.2. The molecule has 144 valence electrons. The van der Waals surface area contributed by atoms with Gasteiger partial charge in [0.2, 0.25) is 5.95 Å². The first-order valence-electron chi connectivity index (χ1n) is 7.47. The summed E-state index contributed by atoms with van der Waals surface area (Å²) in [5.41, 5.74) is -0.329. The molecule has 0 unspecified atom stereocenters. The van der Waals surface area contributed by atoms with E-state index in [9.17, 15) is 19.6 Å². The molecule has 0 bridgehead atoms. The van der Waals surface area contributed by atoms with E-state index >= 15 is 0 Å². The maximum absolute atomic E-state index is 12.3. The quantitative estimate of drug-likeness (QED) is 0.352. The van der Waals surface area contributed by atoms with Gasteiger partial charge in [0.1, 0.15) is 18.3 Å². The van der Waals surface area contributed by atoms with Crippen molar-refractivity contribution in [3.63, 3.8) is 0 Å². The van der Waals surface area contributed by atoms with E-state index < -0.39 is 44.5 Å². The van der Waals surface area contributed by atoms with E-state index in [0.29, 0.717) is 0 Å². The number of ether oxygens (including phenoxy) is 1. The topological polar surface area (TPSA) is 181 Å². The van der Waals surface area contributed by atoms with Crippen molar-refractivity contribution in [2.45, 2.75) is 24.5 Å². The standard InChI is InChI=1S/C12H18N5O8P/c1-13-12-15-9-6(10(20)16(12)2)14-4-17(9)11-7(19)8(5(3-18)24-11)25-26(21,22)23/h4-5,7-8,11,18-19H,3H2,1-2H3,(H,13,15)(H2,21,22,23)/t5-,7-,8-,11-/m1/s1. The summed E-state index contributed by atoms with van der Waals surface area (Å²) in [6.07, 6.45) is -4.26. The van der Waals surface area contributed by atoms with Gasteiger partial charge in [-0.1, -0.05) is 0 Å². The number of hydrogen-bond acceptors (Lipinski definition) is 9. The highest BCUT2D eigenvalue weighted by atomic mass is 31.2. The van der Waals surface area contributed by atoms with Gasteiger partial charge in [-0.3, -0.25) is 18.5 Å². The van der Waals surface area contributed by atoms with Gasteiger partial charge in [0.05, 0.1) is 12.9 Å². The fourth-order valence-corrected chi connectivity index (χ4v) is 3.42. The maximum atomic E-state index is 12.3. The Morgan fingerprint density at radius 2 is 2.15 bits per heavy atom. The molecular formula is C12H18N5O8P. The van der Waals surface area contributed by atoms with E-state index in [4.69, 9.17) is 14.5 Å². The number of nitrogens with one attached hydrogen (secondary N) is 1. The van der Waals surface area contributed by atoms with E-state index in [0.717, 1.165) is 0 Å². The number of fused-ring (bicyclic) bond motifs is 1. The number of anilines is 1. The lowest BCUT2D eigenvalue weighted by Gasteiger charge is -2.20. The smallest absolute Gasteiger partial charge is 0.394 e. The molecule has 0 saturated carbocycles. The third-order valence-corrected chi connectivity index (χ3v) is 4.57. The van der Waals surface area contributed by atoms with Crippen molar-refractivity contribution in [2.75, 3.05) is 19.0 Å². The number of aromatic nitrogens is 4. The van der Waals surface area contributed by atoms with Gasteiger partial charge in [-0.2, -0.15) is 4.98 Å². The highest BCUT2D eigenvalue weighted by Gasteiger charge is 2.48. The maximum Gasteiger partial charge on any atom is 0.470 e. The molecule has 2 aromatic rings. The second-order valence-corrected chi connectivity index (χ2v) is 6.86. The lowest BCUT2D eigenvalue weighted by molar-refractivity contribution is -0.0509. The number of aliphatic hydroxyl groups excluding tert-OH is 2. The number of phosphoric ester groups is 1. The van der Waals surface area contributed by atoms with Crippen molar-refractivity contribution in [1.82, 2.24) is 19.1 Å². The average molecular weight is 391 g/mol. The molecule has 4 atom stereocenters. The lowest BCUT2D eigenvalue weighted by atomic mass is 10.1. The van der Waals surface area contributed by atoms with Gasteiger partial charge in [0.15, 0.2) is 17.4 Å². The van der Waals surface area contributed by atoms with Crippen molar-refractivity contribution >= 4 is 24.9 Å². The second-order valence-electron chi connectivity index (χ2n) is 5.67. The van der Waals surface area contributed by atoms with Gasteiger partial charge in [0, 0.05) is 14.1 Å².